The van der Waals surface area contributed by atoms with E-state index in [4.69, 9.17) is 4.74 Å². The van der Waals surface area contributed by atoms with Gasteiger partial charge in [0.2, 0.25) is 21.8 Å². The van der Waals surface area contributed by atoms with E-state index in [2.05, 4.69) is 5.32 Å². The summed E-state index contributed by atoms with van der Waals surface area (Å²) in [5.74, 6) is -0.0668. The van der Waals surface area contributed by atoms with Gasteiger partial charge in [-0.15, -0.1) is 0 Å². The zero-order valence-electron chi connectivity index (χ0n) is 25.6. The van der Waals surface area contributed by atoms with E-state index in [1.165, 1.54) is 4.90 Å². The van der Waals surface area contributed by atoms with Gasteiger partial charge in [-0.3, -0.25) is 13.9 Å². The Hall–Kier alpha value is -3.85. The molecule has 230 valence electrons. The van der Waals surface area contributed by atoms with Crippen LogP contribution in [-0.4, -0.2) is 57.1 Å². The van der Waals surface area contributed by atoms with E-state index in [0.29, 0.717) is 11.4 Å². The molecule has 9 heteroatoms. The van der Waals surface area contributed by atoms with Gasteiger partial charge in [0, 0.05) is 19.0 Å². The molecular weight excluding hydrogens is 562 g/mol. The fourth-order valence-corrected chi connectivity index (χ4v) is 6.55. The maximum atomic E-state index is 14.4. The van der Waals surface area contributed by atoms with Crippen LogP contribution in [0.15, 0.2) is 72.8 Å². The lowest BCUT2D eigenvalue weighted by molar-refractivity contribution is -0.140. The molecule has 3 aromatic rings. The quantitative estimate of drug-likeness (QED) is 0.308. The van der Waals surface area contributed by atoms with E-state index in [1.807, 2.05) is 80.6 Å². The summed E-state index contributed by atoms with van der Waals surface area (Å²) in [4.78, 5) is 30.0. The largest absolute Gasteiger partial charge is 0.497 e. The number of methoxy groups -OCH3 is 1. The van der Waals surface area contributed by atoms with Crippen LogP contribution in [-0.2, 0) is 32.6 Å². The van der Waals surface area contributed by atoms with Crippen molar-refractivity contribution in [3.05, 3.63) is 95.1 Å². The summed E-state index contributed by atoms with van der Waals surface area (Å²) >= 11 is 0. The molecule has 1 aliphatic carbocycles. The molecule has 1 aliphatic rings. The number of carbonyl (C=O) groups excluding carboxylic acids is 2. The molecule has 0 aromatic heterocycles. The number of ether oxygens (including phenoxy) is 1. The number of amides is 2. The van der Waals surface area contributed by atoms with Gasteiger partial charge in [-0.25, -0.2) is 8.42 Å². The Balaban J connectivity index is 1.75. The highest BCUT2D eigenvalue weighted by Gasteiger charge is 2.34. The molecule has 43 heavy (non-hydrogen) atoms. The van der Waals surface area contributed by atoms with Crippen LogP contribution in [0.3, 0.4) is 0 Å². The van der Waals surface area contributed by atoms with Crippen LogP contribution in [0.2, 0.25) is 0 Å². The van der Waals surface area contributed by atoms with Crippen molar-refractivity contribution in [2.75, 3.05) is 24.2 Å². The first kappa shape index (κ1) is 32.1. The first-order valence-electron chi connectivity index (χ1n) is 14.9. The summed E-state index contributed by atoms with van der Waals surface area (Å²) < 4.78 is 32.8. The van der Waals surface area contributed by atoms with Crippen molar-refractivity contribution >= 4 is 27.5 Å². The van der Waals surface area contributed by atoms with Crippen LogP contribution in [0.5, 0.6) is 5.75 Å². The zero-order valence-corrected chi connectivity index (χ0v) is 26.4. The summed E-state index contributed by atoms with van der Waals surface area (Å²) in [6.07, 6.45) is 6.47. The van der Waals surface area contributed by atoms with Crippen molar-refractivity contribution in [2.24, 2.45) is 0 Å². The second-order valence-electron chi connectivity index (χ2n) is 11.5. The molecule has 0 unspecified atom stereocenters. The van der Waals surface area contributed by atoms with Gasteiger partial charge in [0.15, 0.2) is 0 Å². The SMILES string of the molecule is COc1cccc(CN(C(=O)CN(c2cc(C)ccc2C)S(C)(=O)=O)[C@H](Cc2ccccc2)C(=O)NC2CCCCC2)c1. The third-order valence-corrected chi connectivity index (χ3v) is 9.15. The third-order valence-electron chi connectivity index (χ3n) is 8.02. The van der Waals surface area contributed by atoms with Gasteiger partial charge >= 0.3 is 0 Å². The van der Waals surface area contributed by atoms with Crippen molar-refractivity contribution in [1.29, 1.82) is 0 Å². The highest BCUT2D eigenvalue weighted by molar-refractivity contribution is 7.92. The second-order valence-corrected chi connectivity index (χ2v) is 13.4. The molecular formula is C34H43N3O5S. The molecule has 1 fully saturated rings. The van der Waals surface area contributed by atoms with E-state index < -0.39 is 28.5 Å². The predicted octanol–water partition coefficient (Wildman–Crippen LogP) is 5.17. The fraction of sp³-hybridized carbons (Fsp3) is 0.412. The number of benzene rings is 3. The highest BCUT2D eigenvalue weighted by atomic mass is 32.2. The number of aryl methyl sites for hydroxylation is 2. The van der Waals surface area contributed by atoms with E-state index in [9.17, 15) is 18.0 Å². The molecule has 2 amide bonds. The highest BCUT2D eigenvalue weighted by Crippen LogP contribution is 2.26. The van der Waals surface area contributed by atoms with Crippen molar-refractivity contribution in [3.63, 3.8) is 0 Å². The van der Waals surface area contributed by atoms with Gasteiger partial charge in [-0.05, 0) is 67.1 Å². The molecule has 0 heterocycles. The first-order valence-corrected chi connectivity index (χ1v) is 16.7. The Morgan fingerprint density at radius 2 is 1.63 bits per heavy atom. The summed E-state index contributed by atoms with van der Waals surface area (Å²) in [7, 11) is -2.26. The smallest absolute Gasteiger partial charge is 0.244 e. The number of hydrogen-bond acceptors (Lipinski definition) is 5. The number of rotatable bonds is 12. The molecule has 1 saturated carbocycles. The van der Waals surface area contributed by atoms with Gasteiger partial charge in [0.05, 0.1) is 19.1 Å². The zero-order chi connectivity index (χ0) is 31.0. The molecule has 0 radical (unpaired) electrons. The number of nitrogens with one attached hydrogen (secondary N) is 1. The summed E-state index contributed by atoms with van der Waals surface area (Å²) in [6.45, 7) is 3.37. The maximum absolute atomic E-state index is 14.4. The lowest BCUT2D eigenvalue weighted by Crippen LogP contribution is -2.55. The van der Waals surface area contributed by atoms with Crippen molar-refractivity contribution in [1.82, 2.24) is 10.2 Å². The van der Waals surface area contributed by atoms with Crippen molar-refractivity contribution in [3.8, 4) is 5.75 Å². The minimum absolute atomic E-state index is 0.0516. The summed E-state index contributed by atoms with van der Waals surface area (Å²) in [5.41, 5.74) is 3.74. The average molecular weight is 606 g/mol. The predicted molar refractivity (Wildman–Crippen MR) is 171 cm³/mol. The topological polar surface area (TPSA) is 96.0 Å². The van der Waals surface area contributed by atoms with E-state index >= 15 is 0 Å². The minimum atomic E-state index is -3.83. The fourth-order valence-electron chi connectivity index (χ4n) is 5.65. The summed E-state index contributed by atoms with van der Waals surface area (Å²) in [5, 5.41) is 3.23. The Morgan fingerprint density at radius 1 is 0.930 bits per heavy atom. The number of anilines is 1. The molecule has 8 nitrogen and oxygen atoms in total. The van der Waals surface area contributed by atoms with Crippen LogP contribution in [0.25, 0.3) is 0 Å². The van der Waals surface area contributed by atoms with Crippen LogP contribution >= 0.6 is 0 Å². The van der Waals surface area contributed by atoms with Crippen molar-refractivity contribution in [2.45, 2.75) is 71.0 Å². The van der Waals surface area contributed by atoms with Gasteiger partial charge in [-0.1, -0.05) is 73.9 Å². The van der Waals surface area contributed by atoms with Crippen LogP contribution in [0, 0.1) is 13.8 Å². The minimum Gasteiger partial charge on any atom is -0.497 e. The number of sulfonamides is 1. The standard InChI is InChI=1S/C34H43N3O5S/c1-25-18-19-26(2)31(20-25)37(43(4,40)41)24-33(38)36(23-28-14-11-17-30(21-28)42-3)32(22-27-12-7-5-8-13-27)34(39)35-29-15-9-6-10-16-29/h5,7-8,11-14,17-21,29,32H,6,9-10,15-16,22-24H2,1-4H3,(H,35,39)/t32-/m1/s1. The molecule has 0 bridgehead atoms. The monoisotopic (exact) mass is 605 g/mol. The normalized spacial score (nSPS) is 14.5. The molecule has 0 saturated heterocycles. The maximum Gasteiger partial charge on any atom is 0.244 e. The molecule has 4 rings (SSSR count). The van der Waals surface area contributed by atoms with E-state index in [0.717, 1.165) is 64.9 Å². The van der Waals surface area contributed by atoms with E-state index in [1.54, 1.807) is 13.2 Å². The van der Waals surface area contributed by atoms with Gasteiger partial charge in [-0.2, -0.15) is 0 Å². The van der Waals surface area contributed by atoms with Crippen LogP contribution in [0.1, 0.15) is 54.4 Å². The lowest BCUT2D eigenvalue weighted by atomic mass is 9.94. The Kier molecular flexibility index (Phi) is 10.9. The number of hydrogen-bond donors (Lipinski definition) is 1. The third kappa shape index (κ3) is 8.83. The molecule has 1 atom stereocenters. The van der Waals surface area contributed by atoms with Crippen LogP contribution < -0.4 is 14.4 Å². The second kappa shape index (κ2) is 14.6. The molecule has 0 spiro atoms. The summed E-state index contributed by atoms with van der Waals surface area (Å²) in [6, 6.07) is 21.7. The number of nitrogens with zero attached hydrogens (tertiary/aromatic N) is 2. The van der Waals surface area contributed by atoms with Crippen LogP contribution in [0.4, 0.5) is 5.69 Å². The van der Waals surface area contributed by atoms with Gasteiger partial charge in [0.25, 0.3) is 0 Å². The van der Waals surface area contributed by atoms with E-state index in [-0.39, 0.29) is 24.9 Å². The molecule has 3 aromatic carbocycles. The Labute approximate surface area is 256 Å². The first-order chi connectivity index (χ1) is 20.5. The Bertz CT molecular complexity index is 1500. The lowest BCUT2D eigenvalue weighted by Gasteiger charge is -2.35. The van der Waals surface area contributed by atoms with Crippen molar-refractivity contribution < 1.29 is 22.7 Å². The molecule has 1 N–H and O–H groups in total. The Morgan fingerprint density at radius 3 is 2.30 bits per heavy atom. The van der Waals surface area contributed by atoms with Gasteiger partial charge < -0.3 is 15.0 Å². The number of carbonyl (C=O) groups is 2. The molecule has 0 aliphatic heterocycles. The van der Waals surface area contributed by atoms with Gasteiger partial charge in [0.1, 0.15) is 18.3 Å². The average Bonchev–Trinajstić information content (AvgIpc) is 2.99.